The van der Waals surface area contributed by atoms with E-state index in [0.29, 0.717) is 18.6 Å². The van der Waals surface area contributed by atoms with Crippen LogP contribution in [0.1, 0.15) is 51.9 Å². The summed E-state index contributed by atoms with van der Waals surface area (Å²) in [5.74, 6) is -0.0614. The van der Waals surface area contributed by atoms with Crippen molar-refractivity contribution in [1.29, 1.82) is 0 Å². The normalized spacial score (nSPS) is 26.1. The molecule has 2 N–H and O–H groups in total. The van der Waals surface area contributed by atoms with Crippen molar-refractivity contribution in [2.45, 2.75) is 51.9 Å². The van der Waals surface area contributed by atoms with Gasteiger partial charge in [-0.1, -0.05) is 19.3 Å². The first kappa shape index (κ1) is 11.9. The van der Waals surface area contributed by atoms with Crippen molar-refractivity contribution in [3.05, 3.63) is 0 Å². The molecule has 0 heterocycles. The molecule has 0 aromatic carbocycles. The lowest BCUT2D eigenvalue weighted by molar-refractivity contribution is -0.174. The van der Waals surface area contributed by atoms with Crippen LogP contribution in [0.4, 0.5) is 0 Å². The van der Waals surface area contributed by atoms with Gasteiger partial charge in [0.25, 0.3) is 0 Å². The topological polar surface area (TPSA) is 52.3 Å². The minimum absolute atomic E-state index is 0.0614. The second-order valence-corrected chi connectivity index (χ2v) is 5.62. The van der Waals surface area contributed by atoms with E-state index in [4.69, 9.17) is 10.5 Å². The predicted molar refractivity (Wildman–Crippen MR) is 62.9 cm³/mol. The first-order valence-corrected chi connectivity index (χ1v) is 6.54. The van der Waals surface area contributed by atoms with Crippen LogP contribution in [0.15, 0.2) is 0 Å². The molecule has 0 bridgehead atoms. The second-order valence-electron chi connectivity index (χ2n) is 5.62. The van der Waals surface area contributed by atoms with Crippen LogP contribution in [0.2, 0.25) is 0 Å². The van der Waals surface area contributed by atoms with Gasteiger partial charge < -0.3 is 10.5 Å². The summed E-state index contributed by atoms with van der Waals surface area (Å²) in [5.41, 5.74) is 5.88. The fraction of sp³-hybridized carbons (Fsp3) is 0.923. The Morgan fingerprint density at radius 1 is 1.25 bits per heavy atom. The largest absolute Gasteiger partial charge is 0.466 e. The molecule has 0 aliphatic heterocycles. The lowest BCUT2D eigenvalue weighted by atomic mass is 9.48. The van der Waals surface area contributed by atoms with Gasteiger partial charge in [0.2, 0.25) is 0 Å². The maximum Gasteiger partial charge on any atom is 0.313 e. The number of nitrogens with two attached hydrogens (primary N) is 1. The minimum atomic E-state index is -0.340. The Kier molecular flexibility index (Phi) is 3.24. The standard InChI is InChI=1S/C13H23NO2/c1-2-16-11(15)13(10-14)8-12(9-13)6-4-3-5-7-12/h2-10,14H2,1H3. The number of esters is 1. The van der Waals surface area contributed by atoms with E-state index in [0.717, 1.165) is 12.8 Å². The highest BCUT2D eigenvalue weighted by molar-refractivity contribution is 5.78. The molecule has 1 spiro atoms. The number of hydrogen-bond donors (Lipinski definition) is 1. The lowest BCUT2D eigenvalue weighted by Crippen LogP contribution is -2.56. The van der Waals surface area contributed by atoms with E-state index in [1.807, 2.05) is 6.92 Å². The highest BCUT2D eigenvalue weighted by Crippen LogP contribution is 2.61. The number of rotatable bonds is 3. The summed E-state index contributed by atoms with van der Waals surface area (Å²) < 4.78 is 5.16. The van der Waals surface area contributed by atoms with Gasteiger partial charge in [-0.15, -0.1) is 0 Å². The average molecular weight is 225 g/mol. The predicted octanol–water partition coefficient (Wildman–Crippen LogP) is 2.24. The van der Waals surface area contributed by atoms with Crippen molar-refractivity contribution in [3.63, 3.8) is 0 Å². The van der Waals surface area contributed by atoms with Gasteiger partial charge >= 0.3 is 5.97 Å². The summed E-state index contributed by atoms with van der Waals surface area (Å²) in [5, 5.41) is 0. The number of hydrogen-bond acceptors (Lipinski definition) is 3. The number of ether oxygens (including phenoxy) is 1. The monoisotopic (exact) mass is 225 g/mol. The summed E-state index contributed by atoms with van der Waals surface area (Å²) >= 11 is 0. The van der Waals surface area contributed by atoms with Gasteiger partial charge in [-0.05, 0) is 38.0 Å². The summed E-state index contributed by atoms with van der Waals surface area (Å²) in [6.07, 6.45) is 8.51. The van der Waals surface area contributed by atoms with E-state index in [9.17, 15) is 4.79 Å². The molecule has 92 valence electrons. The van der Waals surface area contributed by atoms with Gasteiger partial charge in [-0.25, -0.2) is 0 Å². The van der Waals surface area contributed by atoms with E-state index in [-0.39, 0.29) is 11.4 Å². The molecule has 0 radical (unpaired) electrons. The highest BCUT2D eigenvalue weighted by atomic mass is 16.5. The van der Waals surface area contributed by atoms with Crippen molar-refractivity contribution >= 4 is 5.97 Å². The number of carbonyl (C=O) groups is 1. The fourth-order valence-corrected chi connectivity index (χ4v) is 3.70. The fourth-order valence-electron chi connectivity index (χ4n) is 3.70. The quantitative estimate of drug-likeness (QED) is 0.749. The van der Waals surface area contributed by atoms with Crippen molar-refractivity contribution in [2.75, 3.05) is 13.2 Å². The molecular formula is C13H23NO2. The average Bonchev–Trinajstić information content (AvgIpc) is 2.26. The maximum absolute atomic E-state index is 11.9. The number of carbonyl (C=O) groups excluding carboxylic acids is 1. The van der Waals surface area contributed by atoms with Crippen molar-refractivity contribution in [1.82, 2.24) is 0 Å². The second kappa shape index (κ2) is 4.36. The Labute approximate surface area is 97.7 Å². The Morgan fingerprint density at radius 3 is 2.38 bits per heavy atom. The van der Waals surface area contributed by atoms with E-state index in [1.54, 1.807) is 0 Å². The van der Waals surface area contributed by atoms with Crippen molar-refractivity contribution in [3.8, 4) is 0 Å². The van der Waals surface area contributed by atoms with Gasteiger partial charge in [0.15, 0.2) is 0 Å². The lowest BCUT2D eigenvalue weighted by Gasteiger charge is -2.56. The zero-order valence-corrected chi connectivity index (χ0v) is 10.3. The minimum Gasteiger partial charge on any atom is -0.466 e. The highest BCUT2D eigenvalue weighted by Gasteiger charge is 2.58. The third kappa shape index (κ3) is 1.86. The van der Waals surface area contributed by atoms with Gasteiger partial charge in [-0.3, -0.25) is 4.79 Å². The molecule has 2 rings (SSSR count). The molecule has 2 aliphatic carbocycles. The molecule has 0 saturated heterocycles. The first-order valence-electron chi connectivity index (χ1n) is 6.54. The van der Waals surface area contributed by atoms with Crippen molar-refractivity contribution < 1.29 is 9.53 Å². The molecule has 3 nitrogen and oxygen atoms in total. The smallest absolute Gasteiger partial charge is 0.313 e. The van der Waals surface area contributed by atoms with Gasteiger partial charge in [-0.2, -0.15) is 0 Å². The van der Waals surface area contributed by atoms with Crippen LogP contribution < -0.4 is 5.73 Å². The summed E-state index contributed by atoms with van der Waals surface area (Å²) in [7, 11) is 0. The van der Waals surface area contributed by atoms with E-state index in [2.05, 4.69) is 0 Å². The van der Waals surface area contributed by atoms with Crippen molar-refractivity contribution in [2.24, 2.45) is 16.6 Å². The SMILES string of the molecule is CCOC(=O)C1(CN)CC2(CCCCC2)C1. The summed E-state index contributed by atoms with van der Waals surface area (Å²) in [4.78, 5) is 11.9. The van der Waals surface area contributed by atoms with Crippen LogP contribution in [0.3, 0.4) is 0 Å². The van der Waals surface area contributed by atoms with Crippen LogP contribution in [-0.2, 0) is 9.53 Å². The van der Waals surface area contributed by atoms with Crippen LogP contribution >= 0.6 is 0 Å². The zero-order valence-electron chi connectivity index (χ0n) is 10.3. The molecule has 2 aliphatic rings. The first-order chi connectivity index (χ1) is 7.66. The molecule has 0 amide bonds. The van der Waals surface area contributed by atoms with Crippen LogP contribution in [0.25, 0.3) is 0 Å². The Morgan fingerprint density at radius 2 is 1.88 bits per heavy atom. The van der Waals surface area contributed by atoms with Crippen LogP contribution in [0, 0.1) is 10.8 Å². The molecule has 0 aromatic heterocycles. The molecule has 16 heavy (non-hydrogen) atoms. The maximum atomic E-state index is 11.9. The zero-order chi connectivity index (χ0) is 11.6. The van der Waals surface area contributed by atoms with Gasteiger partial charge in [0.1, 0.15) is 0 Å². The molecular weight excluding hydrogens is 202 g/mol. The van der Waals surface area contributed by atoms with Gasteiger partial charge in [0.05, 0.1) is 12.0 Å². The molecule has 0 atom stereocenters. The Bertz CT molecular complexity index is 261. The Hall–Kier alpha value is -0.570. The van der Waals surface area contributed by atoms with Crippen LogP contribution in [-0.4, -0.2) is 19.1 Å². The third-order valence-corrected chi connectivity index (χ3v) is 4.44. The third-order valence-electron chi connectivity index (χ3n) is 4.44. The van der Waals surface area contributed by atoms with E-state index < -0.39 is 0 Å². The summed E-state index contributed by atoms with van der Waals surface area (Å²) in [6, 6.07) is 0. The van der Waals surface area contributed by atoms with E-state index in [1.165, 1.54) is 32.1 Å². The van der Waals surface area contributed by atoms with Gasteiger partial charge in [0, 0.05) is 6.54 Å². The molecule has 0 aromatic rings. The van der Waals surface area contributed by atoms with Crippen LogP contribution in [0.5, 0.6) is 0 Å². The molecule has 2 saturated carbocycles. The molecule has 2 fully saturated rings. The van der Waals surface area contributed by atoms with E-state index >= 15 is 0 Å². The molecule has 3 heteroatoms. The molecule has 0 unspecified atom stereocenters. The Balaban J connectivity index is 1.98. The summed E-state index contributed by atoms with van der Waals surface area (Å²) in [6.45, 7) is 2.78.